The maximum Gasteiger partial charge on any atom is 0.237 e. The average molecular weight is 416 g/mol. The van der Waals surface area contributed by atoms with Crippen LogP contribution in [0.15, 0.2) is 58.4 Å². The molecule has 0 unspecified atom stereocenters. The molecule has 0 atom stereocenters. The molecule has 2 heterocycles. The van der Waals surface area contributed by atoms with Gasteiger partial charge in [0, 0.05) is 23.7 Å². The molecule has 0 saturated heterocycles. The summed E-state index contributed by atoms with van der Waals surface area (Å²) in [7, 11) is 0. The Hall–Kier alpha value is -2.32. The summed E-state index contributed by atoms with van der Waals surface area (Å²) in [6.07, 6.45) is 3.15. The van der Waals surface area contributed by atoms with Crippen LogP contribution in [0.2, 0.25) is 0 Å². The van der Waals surface area contributed by atoms with Crippen molar-refractivity contribution in [1.29, 1.82) is 0 Å². The van der Waals surface area contributed by atoms with Gasteiger partial charge in [0.15, 0.2) is 5.16 Å². The minimum atomic E-state index is -0.210. The molecule has 1 amide bonds. The van der Waals surface area contributed by atoms with Crippen LogP contribution in [0, 0.1) is 6.92 Å². The second-order valence-electron chi connectivity index (χ2n) is 5.10. The highest BCUT2D eigenvalue weighted by molar-refractivity contribution is 9.10. The Balaban J connectivity index is 1.65. The first-order valence-corrected chi connectivity index (χ1v) is 9.19. The van der Waals surface area contributed by atoms with Gasteiger partial charge >= 0.3 is 0 Å². The summed E-state index contributed by atoms with van der Waals surface area (Å²) < 4.78 is 0.751. The topological polar surface area (TPSA) is 80.7 Å². The number of hydrogen-bond donors (Lipinski definition) is 1. The predicted molar refractivity (Wildman–Crippen MR) is 101 cm³/mol. The average Bonchev–Trinajstić information content (AvgIpc) is 2.62. The molecule has 0 radical (unpaired) electrons. The normalized spacial score (nSPS) is 10.5. The van der Waals surface area contributed by atoms with Gasteiger partial charge in [0.2, 0.25) is 11.9 Å². The number of anilines is 1. The molecule has 0 aliphatic heterocycles. The van der Waals surface area contributed by atoms with E-state index in [4.69, 9.17) is 0 Å². The van der Waals surface area contributed by atoms with Gasteiger partial charge in [-0.25, -0.2) is 19.9 Å². The summed E-state index contributed by atoms with van der Waals surface area (Å²) in [6, 6.07) is 11.8. The van der Waals surface area contributed by atoms with Crippen molar-refractivity contribution in [2.24, 2.45) is 0 Å². The third-order valence-electron chi connectivity index (χ3n) is 3.11. The molecule has 8 heteroatoms. The molecule has 2 aromatic heterocycles. The molecule has 3 aromatic rings. The van der Waals surface area contributed by atoms with E-state index in [1.807, 2.05) is 43.3 Å². The number of carbonyl (C=O) groups is 1. The van der Waals surface area contributed by atoms with E-state index in [1.165, 1.54) is 11.8 Å². The van der Waals surface area contributed by atoms with Crippen LogP contribution in [0.5, 0.6) is 0 Å². The zero-order valence-electron chi connectivity index (χ0n) is 13.3. The molecule has 126 valence electrons. The monoisotopic (exact) mass is 415 g/mol. The number of rotatable bonds is 5. The van der Waals surface area contributed by atoms with E-state index in [9.17, 15) is 4.79 Å². The van der Waals surface area contributed by atoms with Crippen molar-refractivity contribution in [2.75, 3.05) is 11.1 Å². The molecule has 25 heavy (non-hydrogen) atoms. The standard InChI is InChI=1S/C17H14BrN5OS/c1-11-7-14(12-5-3-2-4-6-12)22-17(21-11)25-10-15(24)23-16-19-8-13(18)9-20-16/h2-9H,10H2,1H3,(H,19,20,23,24). The number of aryl methyl sites for hydroxylation is 1. The summed E-state index contributed by atoms with van der Waals surface area (Å²) in [5.41, 5.74) is 2.71. The highest BCUT2D eigenvalue weighted by Crippen LogP contribution is 2.21. The van der Waals surface area contributed by atoms with Crippen molar-refractivity contribution in [2.45, 2.75) is 12.1 Å². The van der Waals surface area contributed by atoms with Gasteiger partial charge < -0.3 is 0 Å². The van der Waals surface area contributed by atoms with E-state index in [-0.39, 0.29) is 17.6 Å². The van der Waals surface area contributed by atoms with E-state index in [0.29, 0.717) is 5.16 Å². The van der Waals surface area contributed by atoms with Crippen LogP contribution >= 0.6 is 27.7 Å². The molecule has 1 N–H and O–H groups in total. The van der Waals surface area contributed by atoms with Crippen molar-refractivity contribution in [3.8, 4) is 11.3 Å². The Morgan fingerprint density at radius 1 is 1.16 bits per heavy atom. The lowest BCUT2D eigenvalue weighted by Crippen LogP contribution is -2.16. The number of nitrogens with one attached hydrogen (secondary N) is 1. The molecule has 0 aliphatic rings. The summed E-state index contributed by atoms with van der Waals surface area (Å²) in [4.78, 5) is 29.0. The molecule has 0 bridgehead atoms. The van der Waals surface area contributed by atoms with Gasteiger partial charge in [0.1, 0.15) is 0 Å². The SMILES string of the molecule is Cc1cc(-c2ccccc2)nc(SCC(=O)Nc2ncc(Br)cn2)n1. The van der Waals surface area contributed by atoms with E-state index in [2.05, 4.69) is 41.2 Å². The Bertz CT molecular complexity index is 874. The highest BCUT2D eigenvalue weighted by atomic mass is 79.9. The number of amides is 1. The maximum atomic E-state index is 12.0. The number of benzene rings is 1. The van der Waals surface area contributed by atoms with Crippen LogP contribution in [0.25, 0.3) is 11.3 Å². The van der Waals surface area contributed by atoms with Crippen molar-refractivity contribution < 1.29 is 4.79 Å². The fourth-order valence-electron chi connectivity index (χ4n) is 2.03. The molecule has 0 fully saturated rings. The second-order valence-corrected chi connectivity index (χ2v) is 6.96. The number of nitrogens with zero attached hydrogens (tertiary/aromatic N) is 4. The van der Waals surface area contributed by atoms with Crippen LogP contribution in [0.3, 0.4) is 0 Å². The Morgan fingerprint density at radius 2 is 1.88 bits per heavy atom. The summed E-state index contributed by atoms with van der Waals surface area (Å²) in [5.74, 6) is 0.236. The quantitative estimate of drug-likeness (QED) is 0.504. The van der Waals surface area contributed by atoms with Gasteiger partial charge in [-0.05, 0) is 28.9 Å². The number of halogens is 1. The van der Waals surface area contributed by atoms with Gasteiger partial charge in [-0.2, -0.15) is 0 Å². The lowest BCUT2D eigenvalue weighted by molar-refractivity contribution is -0.113. The molecule has 6 nitrogen and oxygen atoms in total. The van der Waals surface area contributed by atoms with Crippen LogP contribution in [-0.4, -0.2) is 31.6 Å². The van der Waals surface area contributed by atoms with Crippen molar-refractivity contribution in [3.63, 3.8) is 0 Å². The van der Waals surface area contributed by atoms with Crippen LogP contribution in [0.4, 0.5) is 5.95 Å². The lowest BCUT2D eigenvalue weighted by Gasteiger charge is -2.06. The molecule has 1 aromatic carbocycles. The first kappa shape index (κ1) is 17.5. The largest absolute Gasteiger partial charge is 0.294 e. The minimum Gasteiger partial charge on any atom is -0.294 e. The zero-order valence-corrected chi connectivity index (χ0v) is 15.7. The molecule has 0 aliphatic carbocycles. The first-order valence-electron chi connectivity index (χ1n) is 7.41. The molecule has 3 rings (SSSR count). The van der Waals surface area contributed by atoms with Crippen molar-refractivity contribution >= 4 is 39.5 Å². The van der Waals surface area contributed by atoms with Gasteiger partial charge in [-0.1, -0.05) is 42.1 Å². The van der Waals surface area contributed by atoms with Crippen LogP contribution in [0.1, 0.15) is 5.69 Å². The minimum absolute atomic E-state index is 0.178. The smallest absolute Gasteiger partial charge is 0.237 e. The lowest BCUT2D eigenvalue weighted by atomic mass is 10.1. The fourth-order valence-corrected chi connectivity index (χ4v) is 2.94. The molecular weight excluding hydrogens is 402 g/mol. The third-order valence-corrected chi connectivity index (χ3v) is 4.36. The molecular formula is C17H14BrN5OS. The van der Waals surface area contributed by atoms with Crippen LogP contribution < -0.4 is 5.32 Å². The second kappa shape index (κ2) is 8.17. The predicted octanol–water partition coefficient (Wildman–Crippen LogP) is 3.74. The van der Waals surface area contributed by atoms with E-state index >= 15 is 0 Å². The van der Waals surface area contributed by atoms with E-state index < -0.39 is 0 Å². The number of aromatic nitrogens is 4. The first-order chi connectivity index (χ1) is 12.1. The summed E-state index contributed by atoms with van der Waals surface area (Å²) >= 11 is 4.52. The van der Waals surface area contributed by atoms with Gasteiger partial charge in [-0.3, -0.25) is 10.1 Å². The van der Waals surface area contributed by atoms with Crippen LogP contribution in [-0.2, 0) is 4.79 Å². The van der Waals surface area contributed by atoms with Gasteiger partial charge in [0.25, 0.3) is 0 Å². The number of hydrogen-bond acceptors (Lipinski definition) is 6. The Morgan fingerprint density at radius 3 is 2.60 bits per heavy atom. The maximum absolute atomic E-state index is 12.0. The van der Waals surface area contributed by atoms with E-state index in [1.54, 1.807) is 12.4 Å². The Kier molecular flexibility index (Phi) is 5.72. The zero-order chi connectivity index (χ0) is 17.6. The van der Waals surface area contributed by atoms with E-state index in [0.717, 1.165) is 21.4 Å². The summed E-state index contributed by atoms with van der Waals surface area (Å²) in [6.45, 7) is 1.91. The van der Waals surface area contributed by atoms with Crippen molar-refractivity contribution in [3.05, 3.63) is 59.0 Å². The number of thioether (sulfide) groups is 1. The summed E-state index contributed by atoms with van der Waals surface area (Å²) in [5, 5.41) is 3.20. The third kappa shape index (κ3) is 5.07. The Labute approximate surface area is 157 Å². The van der Waals surface area contributed by atoms with Gasteiger partial charge in [-0.15, -0.1) is 0 Å². The van der Waals surface area contributed by atoms with Crippen molar-refractivity contribution in [1.82, 2.24) is 19.9 Å². The fraction of sp³-hybridized carbons (Fsp3) is 0.118. The number of carbonyl (C=O) groups excluding carboxylic acids is 1. The molecule has 0 spiro atoms. The van der Waals surface area contributed by atoms with Gasteiger partial charge in [0.05, 0.1) is 15.9 Å². The highest BCUT2D eigenvalue weighted by Gasteiger charge is 2.09. The molecule has 0 saturated carbocycles.